The van der Waals surface area contributed by atoms with Crippen LogP contribution in [0.15, 0.2) is 4.52 Å². The number of piperidine rings is 1. The first kappa shape index (κ1) is 15.9. The average Bonchev–Trinajstić information content (AvgIpc) is 3.17. The minimum atomic E-state index is -0.158. The van der Waals surface area contributed by atoms with Crippen LogP contribution in [0.5, 0.6) is 0 Å². The zero-order valence-electron chi connectivity index (χ0n) is 13.4. The highest BCUT2D eigenvalue weighted by Crippen LogP contribution is 2.27. The SMILES string of the molecule is Cc1nsc(NC(=O)N2CCC[C@H](c3nc(C(C)C)no3)C2)n1. The molecule has 0 saturated carbocycles. The van der Waals surface area contributed by atoms with Crippen LogP contribution in [0.3, 0.4) is 0 Å². The van der Waals surface area contributed by atoms with Crippen molar-refractivity contribution in [3.63, 3.8) is 0 Å². The number of hydrogen-bond acceptors (Lipinski definition) is 7. The van der Waals surface area contributed by atoms with E-state index in [9.17, 15) is 4.79 Å². The summed E-state index contributed by atoms with van der Waals surface area (Å²) >= 11 is 1.18. The third kappa shape index (κ3) is 3.66. The lowest BCUT2D eigenvalue weighted by Gasteiger charge is -2.30. The predicted octanol–water partition coefficient (Wildman–Crippen LogP) is 2.76. The molecule has 0 radical (unpaired) electrons. The Morgan fingerprint density at radius 1 is 1.43 bits per heavy atom. The standard InChI is InChI=1S/C14H20N6O2S/c1-8(2)11-16-12(22-18-11)10-5-4-6-20(7-10)14(21)17-13-15-9(3)19-23-13/h8,10H,4-7H2,1-3H3,(H,15,17,19,21)/t10-/m0/s1. The van der Waals surface area contributed by atoms with Gasteiger partial charge in [-0.1, -0.05) is 19.0 Å². The number of carbonyl (C=O) groups excluding carboxylic acids is 1. The molecule has 8 nitrogen and oxygen atoms in total. The minimum absolute atomic E-state index is 0.0886. The Kier molecular flexibility index (Phi) is 4.56. The van der Waals surface area contributed by atoms with Crippen molar-refractivity contribution in [3.8, 4) is 0 Å². The van der Waals surface area contributed by atoms with Gasteiger partial charge in [0.25, 0.3) is 0 Å². The lowest BCUT2D eigenvalue weighted by Crippen LogP contribution is -2.41. The highest BCUT2D eigenvalue weighted by molar-refractivity contribution is 7.09. The molecular formula is C14H20N6O2S. The highest BCUT2D eigenvalue weighted by atomic mass is 32.1. The van der Waals surface area contributed by atoms with E-state index in [-0.39, 0.29) is 17.9 Å². The maximum absolute atomic E-state index is 12.4. The van der Waals surface area contributed by atoms with Crippen molar-refractivity contribution in [2.24, 2.45) is 0 Å². The van der Waals surface area contributed by atoms with Crippen molar-refractivity contribution in [1.82, 2.24) is 24.4 Å². The number of nitrogens with one attached hydrogen (secondary N) is 1. The molecule has 2 amide bonds. The van der Waals surface area contributed by atoms with E-state index in [2.05, 4.69) is 24.8 Å². The van der Waals surface area contributed by atoms with Crippen molar-refractivity contribution in [2.45, 2.75) is 45.4 Å². The normalized spacial score (nSPS) is 18.4. The summed E-state index contributed by atoms with van der Waals surface area (Å²) in [6.07, 6.45) is 1.86. The Morgan fingerprint density at radius 3 is 2.91 bits per heavy atom. The third-order valence-corrected chi connectivity index (χ3v) is 4.49. The lowest BCUT2D eigenvalue weighted by atomic mass is 9.98. The van der Waals surface area contributed by atoms with Crippen LogP contribution in [0.25, 0.3) is 0 Å². The number of amides is 2. The second kappa shape index (κ2) is 6.61. The van der Waals surface area contributed by atoms with E-state index >= 15 is 0 Å². The van der Waals surface area contributed by atoms with Crippen LogP contribution >= 0.6 is 11.5 Å². The molecule has 1 N–H and O–H groups in total. The molecule has 1 saturated heterocycles. The molecule has 23 heavy (non-hydrogen) atoms. The van der Waals surface area contributed by atoms with E-state index in [1.165, 1.54) is 11.5 Å². The van der Waals surface area contributed by atoms with Gasteiger partial charge >= 0.3 is 6.03 Å². The molecule has 1 fully saturated rings. The van der Waals surface area contributed by atoms with E-state index in [0.717, 1.165) is 12.8 Å². The van der Waals surface area contributed by atoms with Crippen molar-refractivity contribution >= 4 is 22.7 Å². The van der Waals surface area contributed by atoms with Gasteiger partial charge in [0.05, 0.1) is 5.92 Å². The Morgan fingerprint density at radius 2 is 2.26 bits per heavy atom. The molecule has 124 valence electrons. The van der Waals surface area contributed by atoms with Crippen LogP contribution in [0.1, 0.15) is 56.1 Å². The quantitative estimate of drug-likeness (QED) is 0.925. The van der Waals surface area contributed by atoms with Crippen LogP contribution < -0.4 is 5.32 Å². The summed E-state index contributed by atoms with van der Waals surface area (Å²) in [6.45, 7) is 7.14. The first-order valence-electron chi connectivity index (χ1n) is 7.72. The summed E-state index contributed by atoms with van der Waals surface area (Å²) < 4.78 is 9.44. The highest BCUT2D eigenvalue weighted by Gasteiger charge is 2.29. The number of aryl methyl sites for hydroxylation is 1. The van der Waals surface area contributed by atoms with Gasteiger partial charge in [-0.2, -0.15) is 9.36 Å². The maximum Gasteiger partial charge on any atom is 0.323 e. The smallest absolute Gasteiger partial charge is 0.323 e. The zero-order valence-corrected chi connectivity index (χ0v) is 14.3. The summed E-state index contributed by atoms with van der Waals surface area (Å²) in [4.78, 5) is 22.7. The molecule has 1 aliphatic rings. The second-order valence-electron chi connectivity index (χ2n) is 6.01. The number of carbonyl (C=O) groups is 1. The first-order chi connectivity index (χ1) is 11.0. The van der Waals surface area contributed by atoms with Crippen LogP contribution in [-0.2, 0) is 0 Å². The van der Waals surface area contributed by atoms with Gasteiger partial charge in [0.2, 0.25) is 11.0 Å². The molecule has 1 atom stereocenters. The fourth-order valence-corrected chi connectivity index (χ4v) is 3.09. The molecular weight excluding hydrogens is 316 g/mol. The van der Waals surface area contributed by atoms with Gasteiger partial charge in [0.1, 0.15) is 5.82 Å². The largest absolute Gasteiger partial charge is 0.339 e. The van der Waals surface area contributed by atoms with Gasteiger partial charge in [0, 0.05) is 30.5 Å². The van der Waals surface area contributed by atoms with Crippen LogP contribution in [-0.4, -0.2) is 43.5 Å². The summed E-state index contributed by atoms with van der Waals surface area (Å²) in [6, 6.07) is -0.158. The molecule has 0 spiro atoms. The number of anilines is 1. The van der Waals surface area contributed by atoms with Crippen molar-refractivity contribution in [2.75, 3.05) is 18.4 Å². The molecule has 0 bridgehead atoms. The van der Waals surface area contributed by atoms with Crippen molar-refractivity contribution < 1.29 is 9.32 Å². The van der Waals surface area contributed by atoms with E-state index in [0.29, 0.717) is 35.8 Å². The fourth-order valence-electron chi connectivity index (χ4n) is 2.53. The predicted molar refractivity (Wildman–Crippen MR) is 85.6 cm³/mol. The topological polar surface area (TPSA) is 97.0 Å². The fraction of sp³-hybridized carbons (Fsp3) is 0.643. The van der Waals surface area contributed by atoms with Gasteiger partial charge in [-0.15, -0.1) is 0 Å². The maximum atomic E-state index is 12.4. The van der Waals surface area contributed by atoms with Gasteiger partial charge < -0.3 is 9.42 Å². The van der Waals surface area contributed by atoms with Gasteiger partial charge in [-0.3, -0.25) is 5.32 Å². The first-order valence-corrected chi connectivity index (χ1v) is 8.50. The van der Waals surface area contributed by atoms with E-state index in [1.54, 1.807) is 11.8 Å². The summed E-state index contributed by atoms with van der Waals surface area (Å²) in [5, 5.41) is 7.33. The number of urea groups is 1. The van der Waals surface area contributed by atoms with Gasteiger partial charge in [-0.05, 0) is 19.8 Å². The number of aromatic nitrogens is 4. The van der Waals surface area contributed by atoms with Crippen LogP contribution in [0.2, 0.25) is 0 Å². The van der Waals surface area contributed by atoms with E-state index in [4.69, 9.17) is 4.52 Å². The van der Waals surface area contributed by atoms with Crippen LogP contribution in [0, 0.1) is 6.92 Å². The monoisotopic (exact) mass is 336 g/mol. The van der Waals surface area contributed by atoms with Gasteiger partial charge in [0.15, 0.2) is 5.82 Å². The molecule has 0 aromatic carbocycles. The average molecular weight is 336 g/mol. The Balaban J connectivity index is 1.64. The Hall–Kier alpha value is -2.03. The number of likely N-dealkylation sites (tertiary alicyclic amines) is 1. The van der Waals surface area contributed by atoms with Gasteiger partial charge in [-0.25, -0.2) is 9.78 Å². The summed E-state index contributed by atoms with van der Waals surface area (Å²) in [5.41, 5.74) is 0. The minimum Gasteiger partial charge on any atom is -0.339 e. The van der Waals surface area contributed by atoms with Crippen LogP contribution in [0.4, 0.5) is 9.93 Å². The van der Waals surface area contributed by atoms with Crippen molar-refractivity contribution in [3.05, 3.63) is 17.5 Å². The molecule has 0 unspecified atom stereocenters. The number of nitrogens with zero attached hydrogens (tertiary/aromatic N) is 5. The van der Waals surface area contributed by atoms with E-state index in [1.807, 2.05) is 13.8 Å². The molecule has 1 aliphatic heterocycles. The number of rotatable bonds is 3. The molecule has 0 aliphatic carbocycles. The molecule has 3 heterocycles. The van der Waals surface area contributed by atoms with Crippen molar-refractivity contribution in [1.29, 1.82) is 0 Å². The number of hydrogen-bond donors (Lipinski definition) is 1. The summed E-state index contributed by atoms with van der Waals surface area (Å²) in [5.74, 6) is 2.32. The Bertz CT molecular complexity index is 682. The molecule has 2 aromatic heterocycles. The van der Waals surface area contributed by atoms with E-state index < -0.39 is 0 Å². The zero-order chi connectivity index (χ0) is 16.4. The molecule has 2 aromatic rings. The molecule has 3 rings (SSSR count). The Labute approximate surface area is 138 Å². The second-order valence-corrected chi connectivity index (χ2v) is 6.76. The molecule has 9 heteroatoms. The lowest BCUT2D eigenvalue weighted by molar-refractivity contribution is 0.184. The summed E-state index contributed by atoms with van der Waals surface area (Å²) in [7, 11) is 0. The third-order valence-electron chi connectivity index (χ3n) is 3.77.